The van der Waals surface area contributed by atoms with E-state index < -0.39 is 6.09 Å². The standard InChI is InChI=1S/C16H14N4O2/c21-16(22-13-9-5-2-6-10-13)20-19-15-14(11-17-18-15)12-7-3-1-4-8-12/h1-11H,(H,20,21)(H2,17,18,19). The maximum atomic E-state index is 11.7. The normalized spacial score (nSPS) is 10.0. The monoisotopic (exact) mass is 294 g/mol. The summed E-state index contributed by atoms with van der Waals surface area (Å²) in [4.78, 5) is 11.7. The van der Waals surface area contributed by atoms with Crippen molar-refractivity contribution in [2.75, 3.05) is 5.43 Å². The lowest BCUT2D eigenvalue weighted by atomic mass is 10.1. The van der Waals surface area contributed by atoms with Crippen LogP contribution in [0.3, 0.4) is 0 Å². The first kappa shape index (κ1) is 13.7. The minimum Gasteiger partial charge on any atom is -0.409 e. The molecule has 0 spiro atoms. The van der Waals surface area contributed by atoms with E-state index in [-0.39, 0.29) is 0 Å². The smallest absolute Gasteiger partial charge is 0.409 e. The van der Waals surface area contributed by atoms with Gasteiger partial charge in [0.1, 0.15) is 11.6 Å². The Balaban J connectivity index is 1.63. The van der Waals surface area contributed by atoms with Crippen molar-refractivity contribution >= 4 is 11.9 Å². The van der Waals surface area contributed by atoms with Crippen molar-refractivity contribution in [3.05, 3.63) is 66.9 Å². The summed E-state index contributed by atoms with van der Waals surface area (Å²) >= 11 is 0. The molecule has 0 saturated heterocycles. The van der Waals surface area contributed by atoms with Crippen molar-refractivity contribution in [3.8, 4) is 16.9 Å². The number of nitrogens with one attached hydrogen (secondary N) is 3. The third kappa shape index (κ3) is 3.24. The molecule has 6 heteroatoms. The van der Waals surface area contributed by atoms with Gasteiger partial charge in [0.2, 0.25) is 0 Å². The van der Waals surface area contributed by atoms with Crippen molar-refractivity contribution in [3.63, 3.8) is 0 Å². The van der Waals surface area contributed by atoms with Gasteiger partial charge in [-0.25, -0.2) is 10.2 Å². The highest BCUT2D eigenvalue weighted by molar-refractivity contribution is 5.77. The minimum absolute atomic E-state index is 0.467. The number of hydrogen-bond acceptors (Lipinski definition) is 4. The number of carbonyl (C=O) groups is 1. The Bertz CT molecular complexity index is 741. The number of rotatable bonds is 4. The Labute approximate surface area is 127 Å². The molecule has 3 N–H and O–H groups in total. The molecule has 6 nitrogen and oxygen atoms in total. The molecule has 2 aromatic carbocycles. The third-order valence-corrected chi connectivity index (χ3v) is 2.97. The zero-order chi connectivity index (χ0) is 15.2. The van der Waals surface area contributed by atoms with E-state index >= 15 is 0 Å². The summed E-state index contributed by atoms with van der Waals surface area (Å²) in [7, 11) is 0. The maximum Gasteiger partial charge on any atom is 0.431 e. The summed E-state index contributed by atoms with van der Waals surface area (Å²) in [6.07, 6.45) is 1.07. The second kappa shape index (κ2) is 6.45. The summed E-state index contributed by atoms with van der Waals surface area (Å²) < 4.78 is 5.11. The van der Waals surface area contributed by atoms with Gasteiger partial charge in [-0.15, -0.1) is 0 Å². The van der Waals surface area contributed by atoms with Gasteiger partial charge in [0.05, 0.1) is 6.20 Å². The molecule has 22 heavy (non-hydrogen) atoms. The highest BCUT2D eigenvalue weighted by Crippen LogP contribution is 2.24. The van der Waals surface area contributed by atoms with Crippen molar-refractivity contribution in [1.29, 1.82) is 0 Å². The molecule has 1 heterocycles. The van der Waals surface area contributed by atoms with Crippen LogP contribution >= 0.6 is 0 Å². The molecule has 0 bridgehead atoms. The first-order valence-corrected chi connectivity index (χ1v) is 6.70. The predicted molar refractivity (Wildman–Crippen MR) is 83.2 cm³/mol. The molecule has 0 aliphatic rings. The zero-order valence-corrected chi connectivity index (χ0v) is 11.6. The highest BCUT2D eigenvalue weighted by Gasteiger charge is 2.09. The number of hydrogen-bond donors (Lipinski definition) is 3. The predicted octanol–water partition coefficient (Wildman–Crippen LogP) is 3.19. The van der Waals surface area contributed by atoms with E-state index in [2.05, 4.69) is 21.0 Å². The molecule has 0 saturated carbocycles. The van der Waals surface area contributed by atoms with Gasteiger partial charge in [0.25, 0.3) is 0 Å². The summed E-state index contributed by atoms with van der Waals surface area (Å²) in [5.41, 5.74) is 7.06. The van der Waals surface area contributed by atoms with Gasteiger partial charge < -0.3 is 4.74 Å². The maximum absolute atomic E-state index is 11.7. The molecular formula is C16H14N4O2. The molecule has 0 aliphatic heterocycles. The number of para-hydroxylation sites is 1. The fourth-order valence-electron chi connectivity index (χ4n) is 1.95. The molecule has 0 radical (unpaired) electrons. The Kier molecular flexibility index (Phi) is 4.01. The van der Waals surface area contributed by atoms with E-state index in [1.165, 1.54) is 0 Å². The SMILES string of the molecule is O=C(NNc1[nH]ncc1-c1ccccc1)Oc1ccccc1. The van der Waals surface area contributed by atoms with Crippen molar-refractivity contribution in [2.45, 2.75) is 0 Å². The number of aromatic nitrogens is 2. The average Bonchev–Trinajstić information content (AvgIpc) is 3.03. The van der Waals surface area contributed by atoms with Crippen LogP contribution in [0.15, 0.2) is 66.9 Å². The van der Waals surface area contributed by atoms with Crippen LogP contribution in [0.25, 0.3) is 11.1 Å². The highest BCUT2D eigenvalue weighted by atomic mass is 16.6. The molecule has 0 aliphatic carbocycles. The molecule has 0 unspecified atom stereocenters. The van der Waals surface area contributed by atoms with Crippen LogP contribution in [0, 0.1) is 0 Å². The molecular weight excluding hydrogens is 280 g/mol. The van der Waals surface area contributed by atoms with E-state index in [9.17, 15) is 4.79 Å². The van der Waals surface area contributed by atoms with Gasteiger partial charge >= 0.3 is 6.09 Å². The second-order valence-electron chi connectivity index (χ2n) is 4.48. The first-order valence-electron chi connectivity index (χ1n) is 6.70. The van der Waals surface area contributed by atoms with Gasteiger partial charge in [-0.1, -0.05) is 48.5 Å². The van der Waals surface area contributed by atoms with E-state index in [1.807, 2.05) is 36.4 Å². The number of ether oxygens (including phenoxy) is 1. The molecule has 3 rings (SSSR count). The topological polar surface area (TPSA) is 79.0 Å². The van der Waals surface area contributed by atoms with E-state index in [4.69, 9.17) is 4.74 Å². The third-order valence-electron chi connectivity index (χ3n) is 2.97. The van der Waals surface area contributed by atoms with Gasteiger partial charge in [-0.2, -0.15) is 5.10 Å². The van der Waals surface area contributed by atoms with Gasteiger partial charge in [0.15, 0.2) is 0 Å². The van der Waals surface area contributed by atoms with Crippen LogP contribution in [0.5, 0.6) is 5.75 Å². The fourth-order valence-corrected chi connectivity index (χ4v) is 1.95. The number of amides is 1. The number of benzene rings is 2. The summed E-state index contributed by atoms with van der Waals surface area (Å²) in [6.45, 7) is 0. The zero-order valence-electron chi connectivity index (χ0n) is 11.6. The largest absolute Gasteiger partial charge is 0.431 e. The van der Waals surface area contributed by atoms with Crippen molar-refractivity contribution in [1.82, 2.24) is 15.6 Å². The molecule has 0 fully saturated rings. The lowest BCUT2D eigenvalue weighted by molar-refractivity contribution is 0.203. The number of H-pyrrole nitrogens is 1. The molecule has 1 amide bonds. The minimum atomic E-state index is -0.611. The van der Waals surface area contributed by atoms with Gasteiger partial charge in [-0.3, -0.25) is 10.5 Å². The summed E-state index contributed by atoms with van der Waals surface area (Å²) in [5, 5.41) is 6.77. The summed E-state index contributed by atoms with van der Waals surface area (Å²) in [5.74, 6) is 1.05. The summed E-state index contributed by atoms with van der Waals surface area (Å²) in [6, 6.07) is 18.5. The van der Waals surface area contributed by atoms with Gasteiger partial charge in [-0.05, 0) is 17.7 Å². The number of carbonyl (C=O) groups excluding carboxylic acids is 1. The van der Waals surface area contributed by atoms with Gasteiger partial charge in [0, 0.05) is 5.56 Å². The van der Waals surface area contributed by atoms with Crippen LogP contribution < -0.4 is 15.6 Å². The quantitative estimate of drug-likeness (QED) is 0.646. The Hall–Kier alpha value is -3.28. The Morgan fingerprint density at radius 1 is 1.00 bits per heavy atom. The van der Waals surface area contributed by atoms with E-state index in [0.29, 0.717) is 11.6 Å². The van der Waals surface area contributed by atoms with Crippen LogP contribution in [0.2, 0.25) is 0 Å². The van der Waals surface area contributed by atoms with E-state index in [0.717, 1.165) is 11.1 Å². The van der Waals surface area contributed by atoms with Crippen molar-refractivity contribution < 1.29 is 9.53 Å². The van der Waals surface area contributed by atoms with Crippen LogP contribution in [0.4, 0.5) is 10.6 Å². The number of aromatic amines is 1. The number of nitrogens with zero attached hydrogens (tertiary/aromatic N) is 1. The molecule has 0 atom stereocenters. The molecule has 3 aromatic rings. The second-order valence-corrected chi connectivity index (χ2v) is 4.48. The molecule has 110 valence electrons. The Morgan fingerprint density at radius 3 is 2.41 bits per heavy atom. The fraction of sp³-hybridized carbons (Fsp3) is 0. The number of anilines is 1. The molecule has 1 aromatic heterocycles. The Morgan fingerprint density at radius 2 is 1.68 bits per heavy atom. The number of hydrazine groups is 1. The van der Waals surface area contributed by atoms with E-state index in [1.54, 1.807) is 30.5 Å². The van der Waals surface area contributed by atoms with Crippen LogP contribution in [-0.2, 0) is 0 Å². The lowest BCUT2D eigenvalue weighted by Crippen LogP contribution is -2.32. The van der Waals surface area contributed by atoms with Crippen LogP contribution in [0.1, 0.15) is 0 Å². The average molecular weight is 294 g/mol. The lowest BCUT2D eigenvalue weighted by Gasteiger charge is -2.09. The first-order chi connectivity index (χ1) is 10.8. The van der Waals surface area contributed by atoms with Crippen molar-refractivity contribution in [2.24, 2.45) is 0 Å². The van der Waals surface area contributed by atoms with Crippen LogP contribution in [-0.4, -0.2) is 16.3 Å².